The van der Waals surface area contributed by atoms with Crippen LogP contribution in [0.5, 0.6) is 0 Å². The normalized spacial score (nSPS) is 10.9. The SMILES string of the molecule is C.F.O=Cc1ccc(F)c2occ(CC(F)(F)F)c12.OCc1ccc(F)c2occ(CC(F)(F)F)c12.[O]=[Mn]=[O]. The first-order valence-electron chi connectivity index (χ1n) is 9.71. The van der Waals surface area contributed by atoms with Crippen molar-refractivity contribution in [1.29, 1.82) is 0 Å². The van der Waals surface area contributed by atoms with Gasteiger partial charge in [-0.1, -0.05) is 13.5 Å². The number of aliphatic hydroxyl groups is 1. The topological polar surface area (TPSA) is 97.7 Å². The Morgan fingerprint density at radius 3 is 1.59 bits per heavy atom. The van der Waals surface area contributed by atoms with Gasteiger partial charge >= 0.3 is 34.8 Å². The Hall–Kier alpha value is -3.36. The molecule has 0 aliphatic rings. The standard InChI is InChI=1S/C11H8F4O2.C11H6F4O2.CH4.FH.Mn.2O/c2*12-8-2-1-6(4-16)9-7(3-11(13,14)15)5-17-10(8)9;;;;;/h1-2,5,16H,3-4H2;1-2,4-5H,3H2;1H4;1H;;;. The molecule has 0 bridgehead atoms. The quantitative estimate of drug-likeness (QED) is 0.148. The van der Waals surface area contributed by atoms with Crippen LogP contribution in [0.15, 0.2) is 45.6 Å². The van der Waals surface area contributed by atoms with Crippen LogP contribution in [-0.4, -0.2) is 23.7 Å². The number of hydrogen-bond acceptors (Lipinski definition) is 6. The molecular formula is C23H19F9MnO6. The third-order valence-electron chi connectivity index (χ3n) is 4.70. The number of aliphatic hydroxyl groups excluding tert-OH is 1. The number of aldehydes is 1. The predicted octanol–water partition coefficient (Wildman–Crippen LogP) is 7.21. The van der Waals surface area contributed by atoms with Crippen LogP contribution in [-0.2, 0) is 41.9 Å². The van der Waals surface area contributed by atoms with Crippen molar-refractivity contribution in [2.75, 3.05) is 0 Å². The Morgan fingerprint density at radius 1 is 0.769 bits per heavy atom. The molecule has 0 saturated heterocycles. The zero-order chi connectivity index (χ0) is 28.0. The van der Waals surface area contributed by atoms with Crippen LogP contribution >= 0.6 is 0 Å². The summed E-state index contributed by atoms with van der Waals surface area (Å²) in [7, 11) is 0. The number of furan rings is 2. The van der Waals surface area contributed by atoms with Gasteiger partial charge in [0.05, 0.1) is 32.0 Å². The summed E-state index contributed by atoms with van der Waals surface area (Å²) in [5.74, 6) is -1.54. The van der Waals surface area contributed by atoms with E-state index in [2.05, 4.69) is 0 Å². The molecule has 0 fully saturated rings. The number of halogens is 9. The number of carbonyl (C=O) groups excluding carboxylic acids is 1. The molecule has 4 rings (SSSR count). The summed E-state index contributed by atoms with van der Waals surface area (Å²) in [5.41, 5.74) is -0.793. The second-order valence-corrected chi connectivity index (χ2v) is 7.39. The van der Waals surface area contributed by atoms with E-state index < -0.39 is 58.3 Å². The van der Waals surface area contributed by atoms with Crippen LogP contribution in [0, 0.1) is 11.6 Å². The van der Waals surface area contributed by atoms with Crippen molar-refractivity contribution in [3.8, 4) is 0 Å². The van der Waals surface area contributed by atoms with E-state index in [1.807, 2.05) is 0 Å². The third kappa shape index (κ3) is 9.41. The molecule has 2 heterocycles. The summed E-state index contributed by atoms with van der Waals surface area (Å²) in [6.45, 7) is -0.471. The van der Waals surface area contributed by atoms with Gasteiger partial charge in [0.25, 0.3) is 0 Å². The number of fused-ring (bicyclic) bond motifs is 2. The van der Waals surface area contributed by atoms with Gasteiger partial charge in [-0.05, 0) is 23.8 Å². The molecule has 0 unspecified atom stereocenters. The first kappa shape index (κ1) is 35.6. The van der Waals surface area contributed by atoms with E-state index in [0.29, 0.717) is 6.29 Å². The molecule has 0 aliphatic carbocycles. The van der Waals surface area contributed by atoms with Gasteiger partial charge in [-0.15, -0.1) is 0 Å². The first-order valence-corrected chi connectivity index (χ1v) is 10.7. The molecule has 16 heteroatoms. The van der Waals surface area contributed by atoms with Crippen molar-refractivity contribution in [2.24, 2.45) is 0 Å². The fourth-order valence-electron chi connectivity index (χ4n) is 3.38. The average Bonchev–Trinajstić information content (AvgIpc) is 3.40. The summed E-state index contributed by atoms with van der Waals surface area (Å²) in [4.78, 5) is 10.7. The average molecular weight is 617 g/mol. The van der Waals surface area contributed by atoms with Crippen LogP contribution < -0.4 is 0 Å². The summed E-state index contributed by atoms with van der Waals surface area (Å²) >= 11 is -1.44. The minimum absolute atomic E-state index is 0. The predicted molar refractivity (Wildman–Crippen MR) is 114 cm³/mol. The molecule has 2 aromatic carbocycles. The molecule has 1 N–H and O–H groups in total. The van der Waals surface area contributed by atoms with Crippen molar-refractivity contribution in [1.82, 2.24) is 0 Å². The number of benzene rings is 2. The number of alkyl halides is 6. The maximum atomic E-state index is 13.3. The van der Waals surface area contributed by atoms with Crippen LogP contribution in [0.2, 0.25) is 0 Å². The molecule has 0 spiro atoms. The Balaban J connectivity index is 0.000000643. The second-order valence-electron chi connectivity index (χ2n) is 7.20. The molecular weight excluding hydrogens is 598 g/mol. The first-order chi connectivity index (χ1) is 17.3. The van der Waals surface area contributed by atoms with Gasteiger partial charge in [-0.2, -0.15) is 26.3 Å². The second kappa shape index (κ2) is 14.7. The Bertz CT molecular complexity index is 1420. The maximum absolute atomic E-state index is 13.3. The fraction of sp³-hybridized carbons (Fsp3) is 0.261. The zero-order valence-electron chi connectivity index (χ0n) is 18.5. The van der Waals surface area contributed by atoms with Gasteiger partial charge in [0.2, 0.25) is 0 Å². The van der Waals surface area contributed by atoms with Gasteiger partial charge in [0.1, 0.15) is 0 Å². The van der Waals surface area contributed by atoms with Gasteiger partial charge in [0, 0.05) is 27.5 Å². The monoisotopic (exact) mass is 617 g/mol. The molecule has 0 saturated carbocycles. The van der Waals surface area contributed by atoms with E-state index in [-0.39, 0.29) is 56.3 Å². The zero-order valence-corrected chi connectivity index (χ0v) is 19.6. The summed E-state index contributed by atoms with van der Waals surface area (Å²) in [5, 5.41) is 8.91. The van der Waals surface area contributed by atoms with Crippen LogP contribution in [0.3, 0.4) is 0 Å². The molecule has 0 aliphatic heterocycles. The molecule has 0 atom stereocenters. The number of hydrogen-bond donors (Lipinski definition) is 1. The molecule has 4 aromatic rings. The van der Waals surface area contributed by atoms with E-state index >= 15 is 0 Å². The van der Waals surface area contributed by atoms with Crippen LogP contribution in [0.4, 0.5) is 39.8 Å². The molecule has 6 nitrogen and oxygen atoms in total. The van der Waals surface area contributed by atoms with E-state index in [1.165, 1.54) is 6.07 Å². The molecule has 2 aromatic heterocycles. The summed E-state index contributed by atoms with van der Waals surface area (Å²) in [6.07, 6.45) is -9.24. The summed E-state index contributed by atoms with van der Waals surface area (Å²) < 4.78 is 127. The van der Waals surface area contributed by atoms with Crippen LogP contribution in [0.1, 0.15) is 34.5 Å². The molecule has 0 amide bonds. The third-order valence-corrected chi connectivity index (χ3v) is 4.70. The van der Waals surface area contributed by atoms with Crippen molar-refractivity contribution in [3.05, 3.63) is 70.7 Å². The molecule has 217 valence electrons. The van der Waals surface area contributed by atoms with E-state index in [1.54, 1.807) is 0 Å². The Labute approximate surface area is 219 Å². The van der Waals surface area contributed by atoms with Gasteiger partial charge in [0.15, 0.2) is 29.1 Å². The fourth-order valence-corrected chi connectivity index (χ4v) is 3.38. The Morgan fingerprint density at radius 2 is 1.18 bits per heavy atom. The van der Waals surface area contributed by atoms with Crippen molar-refractivity contribution in [2.45, 2.75) is 39.2 Å². The summed E-state index contributed by atoms with van der Waals surface area (Å²) in [6, 6.07) is 4.40. The van der Waals surface area contributed by atoms with Crippen molar-refractivity contribution in [3.63, 3.8) is 0 Å². The van der Waals surface area contributed by atoms with Gasteiger partial charge in [-0.3, -0.25) is 9.50 Å². The van der Waals surface area contributed by atoms with Crippen LogP contribution in [0.25, 0.3) is 21.9 Å². The molecule has 39 heavy (non-hydrogen) atoms. The number of carbonyl (C=O) groups is 1. The number of rotatable bonds is 4. The van der Waals surface area contributed by atoms with Crippen molar-refractivity contribution < 1.29 is 81.1 Å². The molecule has 0 radical (unpaired) electrons. The Kier molecular flexibility index (Phi) is 13.4. The van der Waals surface area contributed by atoms with Gasteiger partial charge < -0.3 is 13.9 Å². The van der Waals surface area contributed by atoms with E-state index in [9.17, 15) is 39.9 Å². The van der Waals surface area contributed by atoms with E-state index in [4.69, 9.17) is 21.6 Å². The van der Waals surface area contributed by atoms with Crippen molar-refractivity contribution >= 4 is 28.2 Å². The van der Waals surface area contributed by atoms with E-state index in [0.717, 1.165) is 30.7 Å². The van der Waals surface area contributed by atoms with Gasteiger partial charge in [-0.25, -0.2) is 8.78 Å². The minimum atomic E-state index is -4.44.